The van der Waals surface area contributed by atoms with Crippen molar-refractivity contribution in [2.24, 2.45) is 10.9 Å². The van der Waals surface area contributed by atoms with Crippen LogP contribution < -0.4 is 15.8 Å². The molecule has 1 aliphatic rings. The standard InChI is InChI=1S/C15H19N3O4.C11H8ClNO2.C7H5Cl2FN2O3/c1-8(2)15(3)14(21)17-12(18-15)11-10(13(19)20)5-9(6-16-11)7-22-4;1-6-4-7-2-3-8(12)9(11(14)15)10(7)13-5-6;8-3-5(11)4(9)7(12-6(3)10)15-1-2(13)14/h5-6,8H,7H2,1-4H3,(H,19,20)(H,17,18,21);2-5H,1H3,(H,14,15);1H2,(H2,11,12)(H,13,14). The van der Waals surface area contributed by atoms with Gasteiger partial charge in [-0.15, -0.1) is 0 Å². The summed E-state index contributed by atoms with van der Waals surface area (Å²) in [4.78, 5) is 60.6. The van der Waals surface area contributed by atoms with E-state index >= 15 is 0 Å². The predicted octanol–water partition coefficient (Wildman–Crippen LogP) is 5.69. The summed E-state index contributed by atoms with van der Waals surface area (Å²) in [7, 11) is 1.52. The van der Waals surface area contributed by atoms with Crippen molar-refractivity contribution in [3.8, 4) is 5.88 Å². The molecule has 3 aromatic heterocycles. The number of ether oxygens (including phenoxy) is 2. The number of aromatic carboxylic acids is 2. The Balaban J connectivity index is 0.000000217. The second-order valence-electron chi connectivity index (χ2n) is 11.4. The first-order chi connectivity index (χ1) is 24.3. The fourth-order valence-electron chi connectivity index (χ4n) is 4.38. The highest BCUT2D eigenvalue weighted by Gasteiger charge is 2.43. The second kappa shape index (κ2) is 17.4. The third-order valence-corrected chi connectivity index (χ3v) is 8.44. The van der Waals surface area contributed by atoms with Crippen LogP contribution in [0.5, 0.6) is 5.88 Å². The van der Waals surface area contributed by atoms with Crippen LogP contribution in [0.2, 0.25) is 15.1 Å². The lowest BCUT2D eigenvalue weighted by atomic mass is 9.89. The zero-order valence-corrected chi connectivity index (χ0v) is 30.4. The molecule has 0 spiro atoms. The van der Waals surface area contributed by atoms with Crippen LogP contribution in [0.3, 0.4) is 0 Å². The lowest BCUT2D eigenvalue weighted by Crippen LogP contribution is -2.41. The average molecular weight is 782 g/mol. The number of nitrogen functional groups attached to an aromatic ring is 1. The van der Waals surface area contributed by atoms with Gasteiger partial charge >= 0.3 is 17.9 Å². The number of methoxy groups -OCH3 is 1. The number of benzene rings is 1. The molecule has 15 nitrogen and oxygen atoms in total. The number of rotatable bonds is 9. The Bertz CT molecular complexity index is 2080. The van der Waals surface area contributed by atoms with Gasteiger partial charge in [-0.2, -0.15) is 9.37 Å². The Morgan fingerprint density at radius 2 is 1.71 bits per heavy atom. The summed E-state index contributed by atoms with van der Waals surface area (Å²) in [6.45, 7) is 6.96. The molecule has 1 aliphatic heterocycles. The van der Waals surface area contributed by atoms with Crippen molar-refractivity contribution >= 4 is 81.0 Å². The first-order valence-electron chi connectivity index (χ1n) is 14.9. The van der Waals surface area contributed by atoms with Crippen LogP contribution in [-0.2, 0) is 20.9 Å². The monoisotopic (exact) mass is 780 g/mol. The number of carboxylic acid groups (broad SMARTS) is 3. The number of carboxylic acids is 3. The molecule has 1 amide bonds. The van der Waals surface area contributed by atoms with Crippen LogP contribution in [0.25, 0.3) is 10.9 Å². The Morgan fingerprint density at radius 1 is 1.04 bits per heavy atom. The van der Waals surface area contributed by atoms with Crippen LogP contribution in [0.1, 0.15) is 58.3 Å². The number of aromatic nitrogens is 3. The molecule has 0 saturated carbocycles. The van der Waals surface area contributed by atoms with Gasteiger partial charge in [0.1, 0.15) is 26.8 Å². The van der Waals surface area contributed by atoms with Crippen LogP contribution in [0.15, 0.2) is 41.7 Å². The van der Waals surface area contributed by atoms with E-state index in [0.717, 1.165) is 10.9 Å². The van der Waals surface area contributed by atoms with E-state index in [1.807, 2.05) is 26.8 Å². The van der Waals surface area contributed by atoms with Crippen molar-refractivity contribution in [1.29, 1.82) is 0 Å². The van der Waals surface area contributed by atoms with Gasteiger partial charge in [0.25, 0.3) is 5.91 Å². The summed E-state index contributed by atoms with van der Waals surface area (Å²) >= 11 is 16.8. The maximum atomic E-state index is 12.9. The molecule has 4 aromatic rings. The molecule has 19 heteroatoms. The predicted molar refractivity (Wildman–Crippen MR) is 190 cm³/mol. The Labute approximate surface area is 310 Å². The van der Waals surface area contributed by atoms with Gasteiger partial charge in [-0.3, -0.25) is 14.8 Å². The van der Waals surface area contributed by atoms with Gasteiger partial charge in [-0.1, -0.05) is 54.7 Å². The molecule has 6 N–H and O–H groups in total. The molecule has 0 saturated heterocycles. The van der Waals surface area contributed by atoms with E-state index in [9.17, 15) is 28.7 Å². The Hall–Kier alpha value is -5.16. The van der Waals surface area contributed by atoms with Gasteiger partial charge in [0.2, 0.25) is 11.8 Å². The summed E-state index contributed by atoms with van der Waals surface area (Å²) in [5.41, 5.74) is 6.42. The minimum atomic E-state index is -1.25. The van der Waals surface area contributed by atoms with Crippen molar-refractivity contribution in [1.82, 2.24) is 20.3 Å². The summed E-state index contributed by atoms with van der Waals surface area (Å²) in [6.07, 6.45) is 3.15. The number of carbonyl (C=O) groups is 4. The van der Waals surface area contributed by atoms with E-state index in [0.29, 0.717) is 11.1 Å². The second-order valence-corrected chi connectivity index (χ2v) is 12.6. The maximum Gasteiger partial charge on any atom is 0.341 e. The summed E-state index contributed by atoms with van der Waals surface area (Å²) in [5, 5.41) is 29.7. The molecule has 1 atom stereocenters. The molecule has 1 unspecified atom stereocenters. The van der Waals surface area contributed by atoms with Crippen LogP contribution in [0, 0.1) is 18.8 Å². The van der Waals surface area contributed by atoms with Gasteiger partial charge in [0, 0.05) is 24.9 Å². The molecule has 0 fully saturated rings. The molecule has 52 heavy (non-hydrogen) atoms. The highest BCUT2D eigenvalue weighted by Crippen LogP contribution is 2.35. The summed E-state index contributed by atoms with van der Waals surface area (Å²) in [5.74, 6) is -4.98. The minimum Gasteiger partial charge on any atom is -0.479 e. The number of nitrogens with two attached hydrogens (primary N) is 1. The number of halogens is 4. The number of pyridine rings is 3. The Morgan fingerprint density at radius 3 is 2.27 bits per heavy atom. The number of nitrogens with one attached hydrogen (secondary N) is 1. The number of anilines is 1. The highest BCUT2D eigenvalue weighted by atomic mass is 35.5. The summed E-state index contributed by atoms with van der Waals surface area (Å²) < 4.78 is 22.5. The number of aryl methyl sites for hydroxylation is 1. The number of amidine groups is 1. The molecule has 1 aromatic carbocycles. The first-order valence-corrected chi connectivity index (χ1v) is 16.0. The van der Waals surface area contributed by atoms with Crippen LogP contribution in [0.4, 0.5) is 10.1 Å². The van der Waals surface area contributed by atoms with Gasteiger partial charge in [0.05, 0.1) is 28.4 Å². The van der Waals surface area contributed by atoms with Crippen molar-refractivity contribution in [2.45, 2.75) is 39.8 Å². The van der Waals surface area contributed by atoms with Crippen molar-refractivity contribution < 1.29 is 48.4 Å². The van der Waals surface area contributed by atoms with Gasteiger partial charge in [0.15, 0.2) is 12.4 Å². The first kappa shape index (κ1) is 41.3. The van der Waals surface area contributed by atoms with Gasteiger partial charge < -0.3 is 35.8 Å². The largest absolute Gasteiger partial charge is 0.479 e. The molecule has 4 heterocycles. The van der Waals surface area contributed by atoms with E-state index in [1.54, 1.807) is 25.3 Å². The number of hydrogen-bond donors (Lipinski definition) is 5. The average Bonchev–Trinajstić information content (AvgIpc) is 3.40. The van der Waals surface area contributed by atoms with Crippen molar-refractivity contribution in [3.05, 3.63) is 85.6 Å². The SMILES string of the molecule is COCc1cnc(C2=NC(C)(C(C)C)C(=O)N2)c(C(=O)O)c1.Cc1cnc2c(C(=O)O)c(Cl)ccc2c1.Nc1c(Cl)c(F)nc(OCC(=O)O)c1Cl. The quantitative estimate of drug-likeness (QED) is 0.129. The third-order valence-electron chi connectivity index (χ3n) is 7.40. The molecular formula is C33H32Cl3FN6O9. The number of fused-ring (bicyclic) bond motifs is 1. The van der Waals surface area contributed by atoms with Crippen molar-refractivity contribution in [3.63, 3.8) is 0 Å². The van der Waals surface area contributed by atoms with Crippen LogP contribution >= 0.6 is 34.8 Å². The number of nitrogens with zero attached hydrogens (tertiary/aromatic N) is 4. The number of carbonyl (C=O) groups excluding carboxylic acids is 1. The normalized spacial score (nSPS) is 14.8. The molecule has 0 aliphatic carbocycles. The van der Waals surface area contributed by atoms with E-state index in [4.69, 9.17) is 55.5 Å². The fourth-order valence-corrected chi connectivity index (χ4v) is 4.99. The van der Waals surface area contributed by atoms with Gasteiger partial charge in [-0.05, 0) is 49.1 Å². The Kier molecular flexibility index (Phi) is 13.8. The van der Waals surface area contributed by atoms with Crippen LogP contribution in [-0.4, -0.2) is 79.2 Å². The maximum absolute atomic E-state index is 12.9. The summed E-state index contributed by atoms with van der Waals surface area (Å²) in [6, 6.07) is 6.71. The van der Waals surface area contributed by atoms with E-state index in [-0.39, 0.29) is 56.8 Å². The molecule has 5 rings (SSSR count). The topological polar surface area (TPSA) is 237 Å². The molecule has 0 bridgehead atoms. The number of amides is 1. The zero-order valence-electron chi connectivity index (χ0n) is 28.1. The number of aliphatic carboxylic acids is 1. The highest BCUT2D eigenvalue weighted by molar-refractivity contribution is 6.39. The lowest BCUT2D eigenvalue weighted by Gasteiger charge is -2.21. The minimum absolute atomic E-state index is 0.0124. The number of aliphatic imine (C=N–C) groups is 1. The van der Waals surface area contributed by atoms with Crippen molar-refractivity contribution in [2.75, 3.05) is 19.5 Å². The zero-order chi connectivity index (χ0) is 39.1. The fraction of sp³-hybridized carbons (Fsp3) is 0.273. The molecule has 276 valence electrons. The lowest BCUT2D eigenvalue weighted by molar-refractivity contribution is -0.139. The third kappa shape index (κ3) is 9.58. The van der Waals surface area contributed by atoms with Gasteiger partial charge in [-0.25, -0.2) is 19.4 Å². The molecular weight excluding hydrogens is 750 g/mol. The van der Waals surface area contributed by atoms with E-state index in [2.05, 4.69) is 30.0 Å². The molecule has 0 radical (unpaired) electrons. The van der Waals surface area contributed by atoms with E-state index in [1.165, 1.54) is 19.4 Å². The van der Waals surface area contributed by atoms with E-state index < -0.39 is 46.9 Å². The number of hydrogen-bond acceptors (Lipinski definition) is 11. The smallest absolute Gasteiger partial charge is 0.341 e.